The number of rotatable bonds is 6. The van der Waals surface area contributed by atoms with Crippen LogP contribution in [0.3, 0.4) is 0 Å². The number of aliphatic imine (C=N–C) groups is 1. The largest absolute Gasteiger partial charge is 0.419 e. The number of hydrogen-bond donors (Lipinski definition) is 4. The first kappa shape index (κ1) is 20.8. The smallest absolute Gasteiger partial charge is 0.368 e. The van der Waals surface area contributed by atoms with E-state index in [0.717, 1.165) is 18.3 Å². The van der Waals surface area contributed by atoms with Crippen molar-refractivity contribution >= 4 is 24.2 Å². The normalized spacial score (nSPS) is 15.4. The third kappa shape index (κ3) is 5.25. The maximum absolute atomic E-state index is 13.3. The highest BCUT2D eigenvalue weighted by molar-refractivity contribution is 6.12. The van der Waals surface area contributed by atoms with E-state index in [-0.39, 0.29) is 23.4 Å². The number of primary amides is 1. The Balaban J connectivity index is 2.14. The van der Waals surface area contributed by atoms with Crippen LogP contribution in [0.25, 0.3) is 0 Å². The monoisotopic (exact) mass is 397 g/mol. The lowest BCUT2D eigenvalue weighted by Crippen LogP contribution is -2.35. The van der Waals surface area contributed by atoms with Gasteiger partial charge in [0.1, 0.15) is 11.6 Å². The summed E-state index contributed by atoms with van der Waals surface area (Å²) in [6.07, 6.45) is -1.36. The Kier molecular flexibility index (Phi) is 6.29. The molecule has 0 aromatic heterocycles. The minimum Gasteiger partial charge on any atom is -0.368 e. The van der Waals surface area contributed by atoms with Crippen molar-refractivity contribution in [2.24, 2.45) is 10.7 Å². The molecule has 1 aliphatic heterocycles. The lowest BCUT2D eigenvalue weighted by molar-refractivity contribution is -0.140. The summed E-state index contributed by atoms with van der Waals surface area (Å²) in [6.45, 7) is -0.416. The van der Waals surface area contributed by atoms with E-state index in [1.54, 1.807) is 0 Å². The molecule has 0 fully saturated rings. The fourth-order valence-electron chi connectivity index (χ4n) is 2.27. The molecule has 0 saturated carbocycles. The van der Waals surface area contributed by atoms with Gasteiger partial charge in [0.25, 0.3) is 5.91 Å². The number of benzene rings is 1. The number of alkyl halides is 3. The predicted molar refractivity (Wildman–Crippen MR) is 92.8 cm³/mol. The van der Waals surface area contributed by atoms with Gasteiger partial charge in [-0.05, 0) is 23.3 Å². The Morgan fingerprint density at radius 3 is 2.57 bits per heavy atom. The summed E-state index contributed by atoms with van der Waals surface area (Å²) < 4.78 is 51.7. The second-order valence-corrected chi connectivity index (χ2v) is 5.67. The number of amides is 2. The first-order valence-electron chi connectivity index (χ1n) is 7.78. The Morgan fingerprint density at radius 2 is 2.04 bits per heavy atom. The lowest BCUT2D eigenvalue weighted by atomic mass is 10.0. The SMILES string of the molecule is N=C/C(C(=O)NCC(N)=O)=C1/N=CC(Cc2ccc(F)c(C(F)(F)F)c2)=CN1. The van der Waals surface area contributed by atoms with Gasteiger partial charge in [-0.1, -0.05) is 6.07 Å². The van der Waals surface area contributed by atoms with Crippen LogP contribution >= 0.6 is 0 Å². The van der Waals surface area contributed by atoms with E-state index in [4.69, 9.17) is 11.1 Å². The van der Waals surface area contributed by atoms with Gasteiger partial charge in [-0.15, -0.1) is 0 Å². The molecule has 11 heteroatoms. The predicted octanol–water partition coefficient (Wildman–Crippen LogP) is 1.41. The van der Waals surface area contributed by atoms with Gasteiger partial charge < -0.3 is 21.8 Å². The maximum atomic E-state index is 13.3. The van der Waals surface area contributed by atoms with Gasteiger partial charge in [-0.3, -0.25) is 9.59 Å². The Hall–Kier alpha value is -3.50. The zero-order valence-electron chi connectivity index (χ0n) is 14.2. The van der Waals surface area contributed by atoms with Crippen molar-refractivity contribution < 1.29 is 27.2 Å². The van der Waals surface area contributed by atoms with Gasteiger partial charge >= 0.3 is 6.18 Å². The second-order valence-electron chi connectivity index (χ2n) is 5.67. The van der Waals surface area contributed by atoms with Crippen LogP contribution in [-0.4, -0.2) is 30.8 Å². The lowest BCUT2D eigenvalue weighted by Gasteiger charge is -2.14. The van der Waals surface area contributed by atoms with Crippen LogP contribution < -0.4 is 16.4 Å². The van der Waals surface area contributed by atoms with Crippen LogP contribution in [0, 0.1) is 11.2 Å². The van der Waals surface area contributed by atoms with E-state index in [9.17, 15) is 27.2 Å². The topological polar surface area (TPSA) is 120 Å². The van der Waals surface area contributed by atoms with Crippen molar-refractivity contribution in [3.8, 4) is 0 Å². The molecule has 0 radical (unpaired) electrons. The van der Waals surface area contributed by atoms with Crippen molar-refractivity contribution in [2.45, 2.75) is 12.6 Å². The standard InChI is InChI=1S/C17H15F4N5O2/c18-13-2-1-9(4-12(13)17(19,20)21)3-10-6-24-15(25-7-10)11(5-22)16(28)26-8-14(23)27/h1-2,4-7,22,24H,3,8H2,(H2,23,27)(H,26,28)/b15-11-,22-5?. The minimum absolute atomic E-state index is 0.0100. The van der Waals surface area contributed by atoms with Crippen LogP contribution in [-0.2, 0) is 22.2 Å². The number of carbonyl (C=O) groups excluding carboxylic acids is 2. The molecule has 1 heterocycles. The Morgan fingerprint density at radius 1 is 1.32 bits per heavy atom. The summed E-state index contributed by atoms with van der Waals surface area (Å²) in [7, 11) is 0. The molecular formula is C17H15F4N5O2. The van der Waals surface area contributed by atoms with Crippen LogP contribution in [0.15, 0.2) is 46.4 Å². The van der Waals surface area contributed by atoms with E-state index in [0.29, 0.717) is 5.57 Å². The van der Waals surface area contributed by atoms with Crippen LogP contribution in [0.4, 0.5) is 17.6 Å². The molecule has 0 aliphatic carbocycles. The fourth-order valence-corrected chi connectivity index (χ4v) is 2.27. The molecule has 1 aromatic carbocycles. The van der Waals surface area contributed by atoms with Gasteiger partial charge in [0.15, 0.2) is 0 Å². The molecule has 1 aromatic rings. The van der Waals surface area contributed by atoms with Gasteiger partial charge in [0.05, 0.1) is 17.7 Å². The minimum atomic E-state index is -4.81. The second kappa shape index (κ2) is 8.46. The highest BCUT2D eigenvalue weighted by Crippen LogP contribution is 2.32. The average Bonchev–Trinajstić information content (AvgIpc) is 2.62. The molecule has 5 N–H and O–H groups in total. The van der Waals surface area contributed by atoms with Crippen molar-refractivity contribution in [3.05, 3.63) is 58.3 Å². The third-order valence-corrected chi connectivity index (χ3v) is 3.57. The Bertz CT molecular complexity index is 903. The first-order valence-corrected chi connectivity index (χ1v) is 7.78. The maximum Gasteiger partial charge on any atom is 0.419 e. The van der Waals surface area contributed by atoms with E-state index >= 15 is 0 Å². The number of allylic oxidation sites excluding steroid dienone is 1. The number of carbonyl (C=O) groups is 2. The van der Waals surface area contributed by atoms with Gasteiger partial charge in [-0.25, -0.2) is 9.38 Å². The number of nitrogens with zero attached hydrogens (tertiary/aromatic N) is 1. The van der Waals surface area contributed by atoms with Gasteiger partial charge in [0, 0.05) is 25.0 Å². The average molecular weight is 397 g/mol. The van der Waals surface area contributed by atoms with Crippen molar-refractivity contribution in [3.63, 3.8) is 0 Å². The highest BCUT2D eigenvalue weighted by Gasteiger charge is 2.34. The highest BCUT2D eigenvalue weighted by atomic mass is 19.4. The number of nitrogens with two attached hydrogens (primary N) is 1. The molecule has 1 aliphatic rings. The summed E-state index contributed by atoms with van der Waals surface area (Å²) in [5, 5.41) is 12.2. The molecule has 7 nitrogen and oxygen atoms in total. The van der Waals surface area contributed by atoms with Crippen molar-refractivity contribution in [1.29, 1.82) is 5.41 Å². The zero-order valence-corrected chi connectivity index (χ0v) is 14.2. The molecular weight excluding hydrogens is 382 g/mol. The number of hydrogen-bond acceptors (Lipinski definition) is 5. The van der Waals surface area contributed by atoms with Crippen LogP contribution in [0.1, 0.15) is 11.1 Å². The quantitative estimate of drug-likeness (QED) is 0.330. The molecule has 0 saturated heterocycles. The number of halogens is 4. The van der Waals surface area contributed by atoms with Gasteiger partial charge in [0.2, 0.25) is 5.91 Å². The van der Waals surface area contributed by atoms with Crippen LogP contribution in [0.5, 0.6) is 0 Å². The molecule has 0 bridgehead atoms. The van der Waals surface area contributed by atoms with Crippen molar-refractivity contribution in [2.75, 3.05) is 6.54 Å². The van der Waals surface area contributed by atoms with E-state index in [1.807, 2.05) is 0 Å². The fraction of sp³-hybridized carbons (Fsp3) is 0.176. The summed E-state index contributed by atoms with van der Waals surface area (Å²) in [4.78, 5) is 26.6. The van der Waals surface area contributed by atoms with E-state index in [1.165, 1.54) is 18.5 Å². The summed E-state index contributed by atoms with van der Waals surface area (Å²) in [5.74, 6) is -2.86. The van der Waals surface area contributed by atoms with E-state index < -0.39 is 35.9 Å². The molecule has 0 spiro atoms. The summed E-state index contributed by atoms with van der Waals surface area (Å²) in [6, 6.07) is 2.69. The Labute approximate surface area is 156 Å². The summed E-state index contributed by atoms with van der Waals surface area (Å²) in [5.41, 5.74) is 4.07. The molecule has 2 amide bonds. The third-order valence-electron chi connectivity index (χ3n) is 3.57. The molecule has 0 atom stereocenters. The first-order chi connectivity index (χ1) is 13.1. The van der Waals surface area contributed by atoms with Crippen molar-refractivity contribution in [1.82, 2.24) is 10.6 Å². The molecule has 28 heavy (non-hydrogen) atoms. The van der Waals surface area contributed by atoms with Gasteiger partial charge in [-0.2, -0.15) is 13.2 Å². The molecule has 148 valence electrons. The number of nitrogens with one attached hydrogen (secondary N) is 3. The summed E-state index contributed by atoms with van der Waals surface area (Å²) >= 11 is 0. The zero-order chi connectivity index (χ0) is 20.9. The molecule has 2 rings (SSSR count). The van der Waals surface area contributed by atoms with Crippen LogP contribution in [0.2, 0.25) is 0 Å². The van der Waals surface area contributed by atoms with E-state index in [2.05, 4.69) is 15.6 Å². The molecule has 0 unspecified atom stereocenters.